The molecule has 4 heterocycles. The molecule has 0 aromatic carbocycles. The van der Waals surface area contributed by atoms with Crippen LogP contribution in [0.15, 0.2) is 30.9 Å². The smallest absolute Gasteiger partial charge is 0.225 e. The number of aromatic nitrogens is 4. The van der Waals surface area contributed by atoms with Crippen LogP contribution in [0.25, 0.3) is 0 Å². The first kappa shape index (κ1) is 17.4. The van der Waals surface area contributed by atoms with E-state index in [4.69, 9.17) is 4.74 Å². The summed E-state index contributed by atoms with van der Waals surface area (Å²) in [4.78, 5) is 18.3. The van der Waals surface area contributed by atoms with Crippen molar-refractivity contribution >= 4 is 5.95 Å². The topological polar surface area (TPSA) is 59.3 Å². The summed E-state index contributed by atoms with van der Waals surface area (Å²) >= 11 is 0. The Morgan fingerprint density at radius 3 is 2.58 bits per heavy atom. The molecule has 0 N–H and O–H groups in total. The highest BCUT2D eigenvalue weighted by Crippen LogP contribution is 2.44. The number of anilines is 1. The molecule has 1 atom stereocenters. The van der Waals surface area contributed by atoms with Crippen molar-refractivity contribution in [1.82, 2.24) is 24.4 Å². The first-order valence-electron chi connectivity index (χ1n) is 9.40. The second kappa shape index (κ2) is 7.32. The summed E-state index contributed by atoms with van der Waals surface area (Å²) in [6.45, 7) is 4.94. The van der Waals surface area contributed by atoms with Gasteiger partial charge in [0.2, 0.25) is 5.95 Å². The molecular formula is C19H28N6O. The third kappa shape index (κ3) is 3.46. The monoisotopic (exact) mass is 356 g/mol. The number of ether oxygens (including phenoxy) is 1. The highest BCUT2D eigenvalue weighted by Gasteiger charge is 2.46. The summed E-state index contributed by atoms with van der Waals surface area (Å²) in [5.74, 6) is 1.98. The van der Waals surface area contributed by atoms with Crippen LogP contribution in [0, 0.1) is 5.41 Å². The molecule has 2 aromatic rings. The zero-order valence-electron chi connectivity index (χ0n) is 15.7. The Bertz CT molecular complexity index is 710. The van der Waals surface area contributed by atoms with Gasteiger partial charge in [-0.3, -0.25) is 4.90 Å². The Kier molecular flexibility index (Phi) is 4.91. The van der Waals surface area contributed by atoms with Crippen LogP contribution >= 0.6 is 0 Å². The SMILES string of the molecule is COC[C@@H]1CC2(CCN(Cc3nccn3C)CC2)CN1c1ncccn1. The zero-order chi connectivity index (χ0) is 18.0. The fourth-order valence-corrected chi connectivity index (χ4v) is 4.48. The Morgan fingerprint density at radius 2 is 1.92 bits per heavy atom. The molecule has 26 heavy (non-hydrogen) atoms. The van der Waals surface area contributed by atoms with Crippen molar-refractivity contribution in [2.75, 3.05) is 38.3 Å². The molecule has 0 radical (unpaired) electrons. The summed E-state index contributed by atoms with van der Waals surface area (Å²) < 4.78 is 7.61. The molecule has 0 amide bonds. The summed E-state index contributed by atoms with van der Waals surface area (Å²) in [6, 6.07) is 2.24. The minimum Gasteiger partial charge on any atom is -0.383 e. The molecule has 7 heteroatoms. The van der Waals surface area contributed by atoms with Gasteiger partial charge in [-0.2, -0.15) is 0 Å². The number of aryl methyl sites for hydroxylation is 1. The largest absolute Gasteiger partial charge is 0.383 e. The van der Waals surface area contributed by atoms with E-state index in [1.165, 1.54) is 12.8 Å². The number of rotatable bonds is 5. The van der Waals surface area contributed by atoms with E-state index in [0.717, 1.165) is 51.0 Å². The van der Waals surface area contributed by atoms with Gasteiger partial charge in [0.05, 0.1) is 19.2 Å². The molecule has 2 aliphatic heterocycles. The van der Waals surface area contributed by atoms with E-state index < -0.39 is 0 Å². The van der Waals surface area contributed by atoms with E-state index in [1.54, 1.807) is 7.11 Å². The van der Waals surface area contributed by atoms with Crippen molar-refractivity contribution in [3.63, 3.8) is 0 Å². The normalized spacial score (nSPS) is 23.0. The number of hydrogen-bond donors (Lipinski definition) is 0. The number of likely N-dealkylation sites (tertiary alicyclic amines) is 1. The van der Waals surface area contributed by atoms with E-state index in [0.29, 0.717) is 11.5 Å². The van der Waals surface area contributed by atoms with Crippen LogP contribution in [0.5, 0.6) is 0 Å². The van der Waals surface area contributed by atoms with Crippen LogP contribution in [0.3, 0.4) is 0 Å². The molecule has 0 bridgehead atoms. The van der Waals surface area contributed by atoms with E-state index in [9.17, 15) is 0 Å². The highest BCUT2D eigenvalue weighted by molar-refractivity contribution is 5.35. The van der Waals surface area contributed by atoms with Crippen LogP contribution in [0.4, 0.5) is 5.95 Å². The fraction of sp³-hybridized carbons (Fsp3) is 0.632. The number of methoxy groups -OCH3 is 1. The Balaban J connectivity index is 1.42. The van der Waals surface area contributed by atoms with Gasteiger partial charge in [0.15, 0.2) is 0 Å². The number of nitrogens with zero attached hydrogens (tertiary/aromatic N) is 6. The first-order valence-corrected chi connectivity index (χ1v) is 9.40. The maximum absolute atomic E-state index is 5.50. The fourth-order valence-electron chi connectivity index (χ4n) is 4.48. The number of piperidine rings is 1. The summed E-state index contributed by atoms with van der Waals surface area (Å²) in [6.07, 6.45) is 11.1. The van der Waals surface area contributed by atoms with Crippen molar-refractivity contribution in [1.29, 1.82) is 0 Å². The Morgan fingerprint density at radius 1 is 1.15 bits per heavy atom. The lowest BCUT2D eigenvalue weighted by Gasteiger charge is -2.39. The summed E-state index contributed by atoms with van der Waals surface area (Å²) in [5.41, 5.74) is 0.348. The minimum atomic E-state index is 0.348. The quantitative estimate of drug-likeness (QED) is 0.813. The maximum atomic E-state index is 5.50. The zero-order valence-corrected chi connectivity index (χ0v) is 15.7. The average Bonchev–Trinajstić information content (AvgIpc) is 3.22. The molecule has 140 valence electrons. The minimum absolute atomic E-state index is 0.348. The van der Waals surface area contributed by atoms with Crippen LogP contribution in [0.2, 0.25) is 0 Å². The van der Waals surface area contributed by atoms with Crippen molar-refractivity contribution < 1.29 is 4.74 Å². The van der Waals surface area contributed by atoms with Gasteiger partial charge < -0.3 is 14.2 Å². The van der Waals surface area contributed by atoms with E-state index in [1.807, 2.05) is 30.9 Å². The van der Waals surface area contributed by atoms with Gasteiger partial charge in [-0.25, -0.2) is 15.0 Å². The van der Waals surface area contributed by atoms with Crippen LogP contribution < -0.4 is 4.90 Å². The van der Waals surface area contributed by atoms with Crippen LogP contribution in [-0.2, 0) is 18.3 Å². The van der Waals surface area contributed by atoms with Crippen LogP contribution in [-0.4, -0.2) is 63.8 Å². The molecule has 2 fully saturated rings. The van der Waals surface area contributed by atoms with Crippen molar-refractivity contribution in [2.24, 2.45) is 12.5 Å². The standard InChI is InChI=1S/C19H28N6O/c1-23-11-8-20-17(23)13-24-9-4-19(5-10-24)12-16(14-26-2)25(15-19)18-21-6-3-7-22-18/h3,6-8,11,16H,4-5,9-10,12-15H2,1-2H3/t16-/m0/s1. The van der Waals surface area contributed by atoms with E-state index in [-0.39, 0.29) is 0 Å². The van der Waals surface area contributed by atoms with Gasteiger partial charge in [0.25, 0.3) is 0 Å². The lowest BCUT2D eigenvalue weighted by atomic mass is 9.76. The van der Waals surface area contributed by atoms with E-state index >= 15 is 0 Å². The lowest BCUT2D eigenvalue weighted by molar-refractivity contribution is 0.103. The Labute approximate surface area is 155 Å². The molecule has 4 rings (SSSR count). The first-order chi connectivity index (χ1) is 12.7. The third-order valence-electron chi connectivity index (χ3n) is 5.99. The van der Waals surface area contributed by atoms with Crippen molar-refractivity contribution in [3.8, 4) is 0 Å². The molecule has 2 saturated heterocycles. The average molecular weight is 356 g/mol. The second-order valence-corrected chi connectivity index (χ2v) is 7.72. The second-order valence-electron chi connectivity index (χ2n) is 7.72. The van der Waals surface area contributed by atoms with Crippen molar-refractivity contribution in [2.45, 2.75) is 31.8 Å². The highest BCUT2D eigenvalue weighted by atomic mass is 16.5. The molecule has 2 aliphatic rings. The molecule has 0 aliphatic carbocycles. The predicted molar refractivity (Wildman–Crippen MR) is 99.8 cm³/mol. The van der Waals surface area contributed by atoms with Gasteiger partial charge in [0.1, 0.15) is 5.82 Å². The lowest BCUT2D eigenvalue weighted by Crippen LogP contribution is -2.41. The molecule has 0 saturated carbocycles. The third-order valence-corrected chi connectivity index (χ3v) is 5.99. The molecular weight excluding hydrogens is 328 g/mol. The molecule has 2 aromatic heterocycles. The van der Waals surface area contributed by atoms with Gasteiger partial charge in [-0.15, -0.1) is 0 Å². The van der Waals surface area contributed by atoms with E-state index in [2.05, 4.69) is 36.4 Å². The summed E-state index contributed by atoms with van der Waals surface area (Å²) in [5, 5.41) is 0. The molecule has 0 unspecified atom stereocenters. The summed E-state index contributed by atoms with van der Waals surface area (Å²) in [7, 11) is 3.85. The van der Waals surface area contributed by atoms with Gasteiger partial charge in [-0.05, 0) is 43.8 Å². The number of hydrogen-bond acceptors (Lipinski definition) is 6. The van der Waals surface area contributed by atoms with Crippen molar-refractivity contribution in [3.05, 3.63) is 36.7 Å². The molecule has 7 nitrogen and oxygen atoms in total. The van der Waals surface area contributed by atoms with Crippen LogP contribution in [0.1, 0.15) is 25.1 Å². The van der Waals surface area contributed by atoms with Gasteiger partial charge in [0, 0.05) is 45.5 Å². The molecule has 1 spiro atoms. The predicted octanol–water partition coefficient (Wildman–Crippen LogP) is 1.72. The van der Waals surface area contributed by atoms with Gasteiger partial charge >= 0.3 is 0 Å². The Hall–Kier alpha value is -1.99. The number of imidazole rings is 1. The maximum Gasteiger partial charge on any atom is 0.225 e. The van der Waals surface area contributed by atoms with Gasteiger partial charge in [-0.1, -0.05) is 0 Å².